The zero-order valence-electron chi connectivity index (χ0n) is 9.40. The average Bonchev–Trinajstić information content (AvgIpc) is 2.32. The number of aryl methyl sites for hydroxylation is 1. The number of carbonyl (C=O) groups is 1. The van der Waals surface area contributed by atoms with Gasteiger partial charge in [0.1, 0.15) is 5.78 Å². The molecule has 0 atom stereocenters. The van der Waals surface area contributed by atoms with Crippen molar-refractivity contribution in [3.8, 4) is 0 Å². The number of aromatic nitrogens is 2. The fourth-order valence-electron chi connectivity index (χ4n) is 1.67. The number of H-pyrrole nitrogens is 1. The molecule has 0 saturated heterocycles. The minimum absolute atomic E-state index is 0.0223. The summed E-state index contributed by atoms with van der Waals surface area (Å²) in [5, 5.41) is 3.22. The lowest BCUT2D eigenvalue weighted by atomic mass is 10.2. The molecule has 1 aromatic heterocycles. The van der Waals surface area contributed by atoms with Crippen LogP contribution in [0.5, 0.6) is 0 Å². The molecule has 1 N–H and O–H groups in total. The second-order valence-electron chi connectivity index (χ2n) is 3.90. The maximum atomic E-state index is 12.0. The fourth-order valence-corrected chi connectivity index (χ4v) is 1.67. The van der Waals surface area contributed by atoms with Crippen LogP contribution in [0.4, 0.5) is 0 Å². The van der Waals surface area contributed by atoms with Crippen LogP contribution < -0.4 is 11.1 Å². The number of rotatable bonds is 3. The Kier molecular flexibility index (Phi) is 2.91. The number of ketones is 1. The molecular weight excluding hydrogens is 220 g/mol. The zero-order chi connectivity index (χ0) is 12.4. The van der Waals surface area contributed by atoms with Crippen molar-refractivity contribution in [3.05, 3.63) is 45.0 Å². The van der Waals surface area contributed by atoms with Gasteiger partial charge in [0.2, 0.25) is 0 Å². The highest BCUT2D eigenvalue weighted by molar-refractivity contribution is 5.80. The van der Waals surface area contributed by atoms with Gasteiger partial charge in [0.05, 0.1) is 10.8 Å². The molecule has 2 rings (SSSR count). The number of nitrogens with zero attached hydrogens (tertiary/aromatic N) is 1. The Balaban J connectivity index is 2.59. The number of hydrogen-bond acceptors (Lipinski definition) is 3. The summed E-state index contributed by atoms with van der Waals surface area (Å²) < 4.78 is 1.19. The molecule has 0 bridgehead atoms. The molecule has 1 aromatic carbocycles. The molecule has 88 valence electrons. The van der Waals surface area contributed by atoms with Crippen molar-refractivity contribution < 1.29 is 4.79 Å². The second kappa shape index (κ2) is 4.37. The second-order valence-corrected chi connectivity index (χ2v) is 3.90. The van der Waals surface area contributed by atoms with Crippen LogP contribution in [0.25, 0.3) is 10.8 Å². The Labute approximate surface area is 96.7 Å². The van der Waals surface area contributed by atoms with Gasteiger partial charge in [-0.1, -0.05) is 12.1 Å². The molecule has 5 nitrogen and oxygen atoms in total. The van der Waals surface area contributed by atoms with Gasteiger partial charge >= 0.3 is 0 Å². The van der Waals surface area contributed by atoms with E-state index in [0.29, 0.717) is 10.8 Å². The Bertz CT molecular complexity index is 682. The minimum atomic E-state index is -0.316. The average molecular weight is 232 g/mol. The van der Waals surface area contributed by atoms with Gasteiger partial charge in [-0.25, -0.2) is 4.68 Å². The van der Waals surface area contributed by atoms with Crippen molar-refractivity contribution in [2.24, 2.45) is 0 Å². The summed E-state index contributed by atoms with van der Waals surface area (Å²) in [5.41, 5.74) is -0.592. The van der Waals surface area contributed by atoms with Crippen molar-refractivity contribution >= 4 is 16.6 Å². The lowest BCUT2D eigenvalue weighted by molar-refractivity contribution is -0.117. The number of aromatic amines is 1. The van der Waals surface area contributed by atoms with Gasteiger partial charge in [-0.05, 0) is 19.1 Å². The van der Waals surface area contributed by atoms with E-state index in [0.717, 1.165) is 0 Å². The van der Waals surface area contributed by atoms with Crippen LogP contribution in [0, 0.1) is 0 Å². The number of hydrogen-bond donors (Lipinski definition) is 1. The molecule has 0 unspecified atom stereocenters. The summed E-state index contributed by atoms with van der Waals surface area (Å²) in [7, 11) is 0. The normalized spacial score (nSPS) is 10.6. The fraction of sp³-hybridized carbons (Fsp3) is 0.250. The molecule has 0 aliphatic rings. The highest BCUT2D eigenvalue weighted by atomic mass is 16.2. The number of benzene rings is 1. The summed E-state index contributed by atoms with van der Waals surface area (Å²) in [4.78, 5) is 34.5. The molecule has 0 aliphatic heterocycles. The van der Waals surface area contributed by atoms with Gasteiger partial charge in [0.25, 0.3) is 11.1 Å². The zero-order valence-corrected chi connectivity index (χ0v) is 9.40. The predicted molar refractivity (Wildman–Crippen MR) is 64.1 cm³/mol. The molecule has 0 spiro atoms. The van der Waals surface area contributed by atoms with Crippen LogP contribution >= 0.6 is 0 Å². The molecule has 2 aromatic rings. The van der Waals surface area contributed by atoms with E-state index in [-0.39, 0.29) is 29.9 Å². The van der Waals surface area contributed by atoms with Gasteiger partial charge in [0, 0.05) is 13.0 Å². The third-order valence-electron chi connectivity index (χ3n) is 2.57. The summed E-state index contributed by atoms with van der Waals surface area (Å²) in [5.74, 6) is -0.0223. The molecule has 5 heteroatoms. The van der Waals surface area contributed by atoms with E-state index in [1.54, 1.807) is 24.3 Å². The van der Waals surface area contributed by atoms with Gasteiger partial charge < -0.3 is 0 Å². The Morgan fingerprint density at radius 1 is 1.24 bits per heavy atom. The number of carbonyl (C=O) groups excluding carboxylic acids is 1. The quantitative estimate of drug-likeness (QED) is 0.845. The standard InChI is InChI=1S/C12H12N2O3/c1-8(15)6-7-14-12(17)10-5-3-2-4-9(10)11(16)13-14/h2-5H,6-7H2,1H3,(H,13,16). The smallest absolute Gasteiger partial charge is 0.273 e. The van der Waals surface area contributed by atoms with Crippen LogP contribution in [0.1, 0.15) is 13.3 Å². The van der Waals surface area contributed by atoms with E-state index in [1.165, 1.54) is 11.6 Å². The molecule has 0 saturated carbocycles. The summed E-state index contributed by atoms with van der Waals surface area (Å²) in [6, 6.07) is 6.62. The van der Waals surface area contributed by atoms with Crippen LogP contribution in [0.2, 0.25) is 0 Å². The highest BCUT2D eigenvalue weighted by Gasteiger charge is 2.06. The van der Waals surface area contributed by atoms with Crippen molar-refractivity contribution in [3.63, 3.8) is 0 Å². The molecular formula is C12H12N2O3. The summed E-state index contributed by atoms with van der Waals surface area (Å²) in [6.45, 7) is 1.65. The maximum Gasteiger partial charge on any atom is 0.273 e. The van der Waals surface area contributed by atoms with Crippen molar-refractivity contribution in [1.29, 1.82) is 0 Å². The number of fused-ring (bicyclic) bond motifs is 1. The van der Waals surface area contributed by atoms with Gasteiger partial charge in [-0.2, -0.15) is 0 Å². The van der Waals surface area contributed by atoms with E-state index >= 15 is 0 Å². The van der Waals surface area contributed by atoms with Crippen molar-refractivity contribution in [1.82, 2.24) is 9.78 Å². The topological polar surface area (TPSA) is 71.9 Å². The Hall–Kier alpha value is -2.17. The summed E-state index contributed by atoms with van der Waals surface area (Å²) in [6.07, 6.45) is 0.230. The van der Waals surface area contributed by atoms with Gasteiger partial charge in [-0.3, -0.25) is 19.5 Å². The van der Waals surface area contributed by atoms with E-state index in [4.69, 9.17) is 0 Å². The van der Waals surface area contributed by atoms with Crippen LogP contribution in [-0.2, 0) is 11.3 Å². The van der Waals surface area contributed by atoms with Gasteiger partial charge in [0.15, 0.2) is 0 Å². The Morgan fingerprint density at radius 3 is 2.53 bits per heavy atom. The van der Waals surface area contributed by atoms with E-state index < -0.39 is 0 Å². The monoisotopic (exact) mass is 232 g/mol. The largest absolute Gasteiger partial charge is 0.300 e. The van der Waals surface area contributed by atoms with E-state index in [9.17, 15) is 14.4 Å². The predicted octanol–water partition coefficient (Wildman–Crippen LogP) is 0.669. The first kappa shape index (κ1) is 11.3. The lowest BCUT2D eigenvalue weighted by Gasteiger charge is -2.05. The maximum absolute atomic E-state index is 12.0. The van der Waals surface area contributed by atoms with Gasteiger partial charge in [-0.15, -0.1) is 0 Å². The van der Waals surface area contributed by atoms with Crippen LogP contribution in [0.15, 0.2) is 33.9 Å². The summed E-state index contributed by atoms with van der Waals surface area (Å²) >= 11 is 0. The lowest BCUT2D eigenvalue weighted by Crippen LogP contribution is -2.30. The third-order valence-corrected chi connectivity index (χ3v) is 2.57. The molecule has 1 heterocycles. The molecule has 0 aliphatic carbocycles. The minimum Gasteiger partial charge on any atom is -0.300 e. The number of nitrogens with one attached hydrogen (secondary N) is 1. The first-order chi connectivity index (χ1) is 8.09. The first-order valence-corrected chi connectivity index (χ1v) is 5.31. The molecule has 0 radical (unpaired) electrons. The van der Waals surface area contributed by atoms with Crippen LogP contribution in [0.3, 0.4) is 0 Å². The molecule has 17 heavy (non-hydrogen) atoms. The van der Waals surface area contributed by atoms with Crippen LogP contribution in [-0.4, -0.2) is 15.6 Å². The number of Topliss-reactive ketones (excluding diaryl/α,β-unsaturated/α-hetero) is 1. The third kappa shape index (κ3) is 2.18. The molecule has 0 fully saturated rings. The highest BCUT2D eigenvalue weighted by Crippen LogP contribution is 2.02. The van der Waals surface area contributed by atoms with Crippen molar-refractivity contribution in [2.45, 2.75) is 19.9 Å². The molecule has 0 amide bonds. The van der Waals surface area contributed by atoms with E-state index in [2.05, 4.69) is 5.10 Å². The first-order valence-electron chi connectivity index (χ1n) is 5.31. The van der Waals surface area contributed by atoms with Crippen molar-refractivity contribution in [2.75, 3.05) is 0 Å². The SMILES string of the molecule is CC(=O)CCn1[nH]c(=O)c2ccccc2c1=O. The van der Waals surface area contributed by atoms with E-state index in [1.807, 2.05) is 0 Å². The Morgan fingerprint density at radius 2 is 1.88 bits per heavy atom.